The minimum Gasteiger partial charge on any atom is -0.497 e. The molecule has 0 aliphatic heterocycles. The molecular weight excluding hydrogens is 262 g/mol. The number of hydrogen-bond acceptors (Lipinski definition) is 5. The Morgan fingerprint density at radius 1 is 1.26 bits per heavy atom. The predicted molar refractivity (Wildman–Crippen MR) is 76.4 cm³/mol. The second-order valence-electron chi connectivity index (χ2n) is 3.75. The van der Waals surface area contributed by atoms with Gasteiger partial charge in [-0.25, -0.2) is 4.98 Å². The Labute approximate surface area is 116 Å². The summed E-state index contributed by atoms with van der Waals surface area (Å²) < 4.78 is 11.2. The van der Waals surface area contributed by atoms with Crippen LogP contribution in [0.5, 0.6) is 11.5 Å². The lowest BCUT2D eigenvalue weighted by Crippen LogP contribution is -2.12. The molecule has 0 amide bonds. The Balaban J connectivity index is 1.75. The summed E-state index contributed by atoms with van der Waals surface area (Å²) >= 11 is 4.96. The first-order valence-electron chi connectivity index (χ1n) is 5.83. The van der Waals surface area contributed by atoms with Crippen molar-refractivity contribution in [2.45, 2.75) is 0 Å². The highest BCUT2D eigenvalue weighted by Gasteiger charge is 1.96. The van der Waals surface area contributed by atoms with E-state index in [-0.39, 0.29) is 0 Å². The van der Waals surface area contributed by atoms with E-state index in [1.54, 1.807) is 19.5 Å². The van der Waals surface area contributed by atoms with Crippen LogP contribution in [0.1, 0.15) is 0 Å². The van der Waals surface area contributed by atoms with Crippen LogP contribution in [0.15, 0.2) is 36.7 Å². The number of methoxy groups -OCH3 is 1. The Kier molecular flexibility index (Phi) is 4.74. The van der Waals surface area contributed by atoms with Crippen LogP contribution in [-0.4, -0.2) is 30.2 Å². The molecule has 2 rings (SSSR count). The van der Waals surface area contributed by atoms with E-state index in [1.807, 2.05) is 24.3 Å². The van der Waals surface area contributed by atoms with Crippen LogP contribution in [-0.2, 0) is 0 Å². The molecule has 1 heterocycles. The predicted octanol–water partition coefficient (Wildman–Crippen LogP) is 2.64. The summed E-state index contributed by atoms with van der Waals surface area (Å²) in [4.78, 5) is 6.87. The van der Waals surface area contributed by atoms with Gasteiger partial charge in [0.1, 0.15) is 28.6 Å². The second-order valence-corrected chi connectivity index (χ2v) is 4.17. The number of rotatable bonds is 6. The lowest BCUT2D eigenvalue weighted by atomic mass is 10.3. The summed E-state index contributed by atoms with van der Waals surface area (Å²) in [7, 11) is 1.64. The molecule has 0 unspecified atom stereocenters. The van der Waals surface area contributed by atoms with Crippen molar-refractivity contribution in [1.29, 1.82) is 0 Å². The highest BCUT2D eigenvalue weighted by atomic mass is 32.1. The number of ether oxygens (including phenoxy) is 2. The molecule has 0 fully saturated rings. The molecule has 0 aliphatic rings. The molecule has 0 aliphatic carbocycles. The van der Waals surface area contributed by atoms with Crippen LogP contribution in [0, 0.1) is 4.64 Å². The molecule has 1 aromatic carbocycles. The summed E-state index contributed by atoms with van der Waals surface area (Å²) in [5.41, 5.74) is 0. The first-order valence-corrected chi connectivity index (χ1v) is 6.24. The topological polar surface area (TPSA) is 59.2 Å². The number of nitrogens with zero attached hydrogens (tertiary/aromatic N) is 1. The number of anilines is 1. The Hall–Kier alpha value is -2.08. The zero-order valence-electron chi connectivity index (χ0n) is 10.6. The molecule has 0 spiro atoms. The van der Waals surface area contributed by atoms with Gasteiger partial charge in [-0.15, -0.1) is 0 Å². The van der Waals surface area contributed by atoms with Crippen molar-refractivity contribution in [2.24, 2.45) is 0 Å². The summed E-state index contributed by atoms with van der Waals surface area (Å²) in [6.45, 7) is 1.22. The van der Waals surface area contributed by atoms with E-state index < -0.39 is 0 Å². The normalized spacial score (nSPS) is 9.95. The number of H-pyrrole nitrogens is 1. The maximum atomic E-state index is 5.58. The van der Waals surface area contributed by atoms with E-state index in [0.717, 1.165) is 17.3 Å². The van der Waals surface area contributed by atoms with Crippen molar-refractivity contribution < 1.29 is 9.47 Å². The standard InChI is InChI=1S/C13H15N3O2S/c1-17-10-2-4-11(5-3-10)18-7-6-14-12-8-13(19)16-9-15-12/h2-5,8-9H,6-7H2,1H3,(H2,14,15,16,19). The molecule has 0 bridgehead atoms. The molecular formula is C13H15N3O2S. The highest BCUT2D eigenvalue weighted by molar-refractivity contribution is 7.71. The van der Waals surface area contributed by atoms with E-state index in [9.17, 15) is 0 Å². The maximum Gasteiger partial charge on any atom is 0.131 e. The fourth-order valence-corrected chi connectivity index (χ4v) is 1.67. The largest absolute Gasteiger partial charge is 0.497 e. The fraction of sp³-hybridized carbons (Fsp3) is 0.231. The quantitative estimate of drug-likeness (QED) is 0.628. The lowest BCUT2D eigenvalue weighted by Gasteiger charge is -2.08. The van der Waals surface area contributed by atoms with Gasteiger partial charge in [0, 0.05) is 6.07 Å². The average molecular weight is 277 g/mol. The van der Waals surface area contributed by atoms with Crippen LogP contribution in [0.3, 0.4) is 0 Å². The van der Waals surface area contributed by atoms with E-state index in [0.29, 0.717) is 17.8 Å². The summed E-state index contributed by atoms with van der Waals surface area (Å²) in [5.74, 6) is 2.46. The third-order valence-corrected chi connectivity index (χ3v) is 2.65. The SMILES string of the molecule is COc1ccc(OCCNc2cc(=S)nc[nH]2)cc1. The van der Waals surface area contributed by atoms with E-state index in [4.69, 9.17) is 21.7 Å². The van der Waals surface area contributed by atoms with E-state index in [1.165, 1.54) is 0 Å². The van der Waals surface area contributed by atoms with Crippen LogP contribution in [0.2, 0.25) is 0 Å². The van der Waals surface area contributed by atoms with Crippen molar-refractivity contribution in [1.82, 2.24) is 9.97 Å². The van der Waals surface area contributed by atoms with Crippen LogP contribution in [0.25, 0.3) is 0 Å². The van der Waals surface area contributed by atoms with Crippen molar-refractivity contribution >= 4 is 18.0 Å². The summed E-state index contributed by atoms with van der Waals surface area (Å²) in [5, 5.41) is 3.17. The minimum atomic E-state index is 0.551. The number of aromatic nitrogens is 2. The molecule has 0 saturated carbocycles. The van der Waals surface area contributed by atoms with E-state index >= 15 is 0 Å². The molecule has 2 N–H and O–H groups in total. The number of hydrogen-bond donors (Lipinski definition) is 2. The third-order valence-electron chi connectivity index (χ3n) is 2.43. The third kappa shape index (κ3) is 4.26. The van der Waals surface area contributed by atoms with Gasteiger partial charge < -0.3 is 19.8 Å². The van der Waals surface area contributed by atoms with Gasteiger partial charge in [0.25, 0.3) is 0 Å². The molecule has 100 valence electrons. The first-order chi connectivity index (χ1) is 9.28. The van der Waals surface area contributed by atoms with Crippen molar-refractivity contribution in [2.75, 3.05) is 25.6 Å². The second kappa shape index (κ2) is 6.75. The van der Waals surface area contributed by atoms with Crippen LogP contribution >= 0.6 is 12.2 Å². The van der Waals surface area contributed by atoms with E-state index in [2.05, 4.69) is 15.3 Å². The Morgan fingerprint density at radius 2 is 2.00 bits per heavy atom. The van der Waals surface area contributed by atoms with Gasteiger partial charge in [0.2, 0.25) is 0 Å². The van der Waals surface area contributed by atoms with Crippen molar-refractivity contribution in [3.63, 3.8) is 0 Å². The van der Waals surface area contributed by atoms with Gasteiger partial charge in [-0.1, -0.05) is 12.2 Å². The zero-order chi connectivity index (χ0) is 13.5. The van der Waals surface area contributed by atoms with Gasteiger partial charge in [0.15, 0.2) is 0 Å². The highest BCUT2D eigenvalue weighted by Crippen LogP contribution is 2.16. The van der Waals surface area contributed by atoms with Crippen LogP contribution < -0.4 is 14.8 Å². The minimum absolute atomic E-state index is 0.551. The molecule has 2 aromatic rings. The van der Waals surface area contributed by atoms with Crippen molar-refractivity contribution in [3.8, 4) is 11.5 Å². The average Bonchev–Trinajstić information content (AvgIpc) is 2.44. The maximum absolute atomic E-state index is 5.58. The molecule has 19 heavy (non-hydrogen) atoms. The molecule has 1 aromatic heterocycles. The van der Waals surface area contributed by atoms with Gasteiger partial charge in [-0.2, -0.15) is 0 Å². The molecule has 0 atom stereocenters. The molecule has 5 nitrogen and oxygen atoms in total. The zero-order valence-corrected chi connectivity index (χ0v) is 11.4. The lowest BCUT2D eigenvalue weighted by molar-refractivity contribution is 0.331. The monoisotopic (exact) mass is 277 g/mol. The molecule has 0 saturated heterocycles. The number of aromatic amines is 1. The number of nitrogens with one attached hydrogen (secondary N) is 2. The van der Waals surface area contributed by atoms with Crippen LogP contribution in [0.4, 0.5) is 5.82 Å². The summed E-state index contributed by atoms with van der Waals surface area (Å²) in [6, 6.07) is 9.24. The fourth-order valence-electron chi connectivity index (χ4n) is 1.50. The van der Waals surface area contributed by atoms with Crippen molar-refractivity contribution in [3.05, 3.63) is 41.3 Å². The Morgan fingerprint density at radius 3 is 2.68 bits per heavy atom. The molecule has 0 radical (unpaired) electrons. The van der Waals surface area contributed by atoms with Gasteiger partial charge >= 0.3 is 0 Å². The molecule has 6 heteroatoms. The van der Waals surface area contributed by atoms with Gasteiger partial charge in [0.05, 0.1) is 20.0 Å². The van der Waals surface area contributed by atoms with Gasteiger partial charge in [-0.05, 0) is 24.3 Å². The van der Waals surface area contributed by atoms with Gasteiger partial charge in [-0.3, -0.25) is 0 Å². The Bertz CT molecular complexity index is 569. The smallest absolute Gasteiger partial charge is 0.131 e. The number of benzene rings is 1. The first kappa shape index (κ1) is 13.4. The summed E-state index contributed by atoms with van der Waals surface area (Å²) in [6.07, 6.45) is 1.56.